The van der Waals surface area contributed by atoms with E-state index < -0.39 is 0 Å². The summed E-state index contributed by atoms with van der Waals surface area (Å²) in [6.45, 7) is 4.92. The first-order valence-electron chi connectivity index (χ1n) is 10.6. The Morgan fingerprint density at radius 1 is 1.03 bits per heavy atom. The van der Waals surface area contributed by atoms with Gasteiger partial charge in [0.1, 0.15) is 18.1 Å². The van der Waals surface area contributed by atoms with E-state index in [1.54, 1.807) is 7.11 Å². The van der Waals surface area contributed by atoms with Crippen LogP contribution in [0.4, 0.5) is 0 Å². The van der Waals surface area contributed by atoms with Crippen LogP contribution in [-0.2, 0) is 12.0 Å². The molecule has 2 aliphatic rings. The fraction of sp³-hybridized carbons (Fsp3) is 0.417. The topological polar surface area (TPSA) is 49.5 Å². The first-order valence-corrected chi connectivity index (χ1v) is 10.6. The molecule has 2 N–H and O–H groups in total. The molecule has 0 radical (unpaired) electrons. The second kappa shape index (κ2) is 7.73. The van der Waals surface area contributed by atoms with Gasteiger partial charge in [-0.3, -0.25) is 4.90 Å². The van der Waals surface area contributed by atoms with Gasteiger partial charge >= 0.3 is 0 Å². The second-order valence-corrected chi connectivity index (χ2v) is 8.15. The zero-order chi connectivity index (χ0) is 19.7. The van der Waals surface area contributed by atoms with Crippen molar-refractivity contribution in [3.05, 3.63) is 59.8 Å². The molecule has 1 fully saturated rings. The Bertz CT molecular complexity index is 974. The van der Waals surface area contributed by atoms with Crippen LogP contribution in [0.15, 0.2) is 48.5 Å². The Labute approximate surface area is 172 Å². The van der Waals surface area contributed by atoms with Crippen molar-refractivity contribution < 1.29 is 9.47 Å². The zero-order valence-corrected chi connectivity index (χ0v) is 17.0. The maximum atomic E-state index is 5.89. The van der Waals surface area contributed by atoms with Crippen LogP contribution in [-0.4, -0.2) is 49.8 Å². The molecule has 0 atom stereocenters. The first-order chi connectivity index (χ1) is 14.3. The largest absolute Gasteiger partial charge is 0.497 e. The highest BCUT2D eigenvalue weighted by Gasteiger charge is 2.41. The average Bonchev–Trinajstić information content (AvgIpc) is 3.15. The van der Waals surface area contributed by atoms with Crippen molar-refractivity contribution in [2.45, 2.75) is 24.8 Å². The van der Waals surface area contributed by atoms with Gasteiger partial charge in [-0.1, -0.05) is 18.2 Å². The van der Waals surface area contributed by atoms with E-state index in [4.69, 9.17) is 9.47 Å². The maximum absolute atomic E-state index is 5.89. The van der Waals surface area contributed by atoms with Gasteiger partial charge in [-0.15, -0.1) is 0 Å². The molecule has 0 bridgehead atoms. The number of aromatic amines is 1. The van der Waals surface area contributed by atoms with Crippen molar-refractivity contribution in [2.75, 3.05) is 39.9 Å². The van der Waals surface area contributed by atoms with Crippen LogP contribution in [0.1, 0.15) is 24.1 Å². The van der Waals surface area contributed by atoms with E-state index in [-0.39, 0.29) is 5.54 Å². The third-order valence-electron chi connectivity index (χ3n) is 6.56. The van der Waals surface area contributed by atoms with Crippen LogP contribution in [0, 0.1) is 0 Å². The molecule has 1 spiro atoms. The number of benzene rings is 2. The Morgan fingerprint density at radius 3 is 2.66 bits per heavy atom. The predicted octanol–water partition coefficient (Wildman–Crippen LogP) is 3.69. The van der Waals surface area contributed by atoms with Crippen molar-refractivity contribution in [2.24, 2.45) is 0 Å². The Kier molecular flexibility index (Phi) is 4.94. The average molecular weight is 392 g/mol. The Morgan fingerprint density at radius 2 is 1.86 bits per heavy atom. The maximum Gasteiger partial charge on any atom is 0.119 e. The number of rotatable bonds is 5. The minimum atomic E-state index is 0.0661. The highest BCUT2D eigenvalue weighted by Crippen LogP contribution is 2.40. The second-order valence-electron chi connectivity index (χ2n) is 8.15. The molecule has 152 valence electrons. The number of likely N-dealkylation sites (tertiary alicyclic amines) is 1. The molecular weight excluding hydrogens is 362 g/mol. The van der Waals surface area contributed by atoms with Gasteiger partial charge < -0.3 is 19.8 Å². The molecule has 2 aromatic carbocycles. The molecule has 1 aromatic heterocycles. The monoisotopic (exact) mass is 391 g/mol. The van der Waals surface area contributed by atoms with Crippen LogP contribution < -0.4 is 14.8 Å². The number of methoxy groups -OCH3 is 1. The molecule has 3 heterocycles. The fourth-order valence-corrected chi connectivity index (χ4v) is 4.93. The lowest BCUT2D eigenvalue weighted by molar-refractivity contribution is 0.112. The molecule has 1 saturated heterocycles. The van der Waals surface area contributed by atoms with Gasteiger partial charge in [-0.2, -0.15) is 0 Å². The van der Waals surface area contributed by atoms with Crippen molar-refractivity contribution in [1.82, 2.24) is 15.2 Å². The summed E-state index contributed by atoms with van der Waals surface area (Å²) in [5.41, 5.74) is 4.15. The Balaban J connectivity index is 1.27. The summed E-state index contributed by atoms with van der Waals surface area (Å²) in [4.78, 5) is 6.27. The number of piperidine rings is 1. The van der Waals surface area contributed by atoms with Crippen molar-refractivity contribution in [3.8, 4) is 11.5 Å². The summed E-state index contributed by atoms with van der Waals surface area (Å²) in [6.07, 6.45) is 3.31. The molecule has 0 saturated carbocycles. The number of nitrogens with one attached hydrogen (secondary N) is 2. The summed E-state index contributed by atoms with van der Waals surface area (Å²) in [6, 6.07) is 16.5. The molecule has 5 heteroatoms. The van der Waals surface area contributed by atoms with E-state index >= 15 is 0 Å². The molecular formula is C24H29N3O2. The Hall–Kier alpha value is -2.50. The van der Waals surface area contributed by atoms with E-state index in [0.717, 1.165) is 63.5 Å². The van der Waals surface area contributed by atoms with Gasteiger partial charge in [-0.05, 0) is 55.2 Å². The van der Waals surface area contributed by atoms with E-state index in [1.807, 2.05) is 36.4 Å². The van der Waals surface area contributed by atoms with Gasteiger partial charge in [0.25, 0.3) is 0 Å². The third kappa shape index (κ3) is 3.49. The molecule has 3 aromatic rings. The lowest BCUT2D eigenvalue weighted by Gasteiger charge is -2.44. The lowest BCUT2D eigenvalue weighted by Crippen LogP contribution is -2.54. The van der Waals surface area contributed by atoms with Crippen LogP contribution in [0.5, 0.6) is 11.5 Å². The van der Waals surface area contributed by atoms with Crippen LogP contribution >= 0.6 is 0 Å². The number of para-hydroxylation sites is 1. The summed E-state index contributed by atoms with van der Waals surface area (Å²) >= 11 is 0. The fourth-order valence-electron chi connectivity index (χ4n) is 4.93. The van der Waals surface area contributed by atoms with Crippen LogP contribution in [0.25, 0.3) is 10.9 Å². The smallest absolute Gasteiger partial charge is 0.119 e. The number of H-pyrrole nitrogens is 1. The minimum Gasteiger partial charge on any atom is -0.497 e. The van der Waals surface area contributed by atoms with Gasteiger partial charge in [0.15, 0.2) is 0 Å². The molecule has 29 heavy (non-hydrogen) atoms. The van der Waals surface area contributed by atoms with Crippen LogP contribution in [0.2, 0.25) is 0 Å². The molecule has 5 nitrogen and oxygen atoms in total. The molecule has 5 rings (SSSR count). The quantitative estimate of drug-likeness (QED) is 0.696. The van der Waals surface area contributed by atoms with Crippen molar-refractivity contribution >= 4 is 10.9 Å². The minimum absolute atomic E-state index is 0.0661. The SMILES string of the molecule is COc1ccc2[nH]c3c(c2c1)CCNC31CCN(CCOc2ccccc2)CC1. The summed E-state index contributed by atoms with van der Waals surface area (Å²) in [5.74, 6) is 1.88. The van der Waals surface area contributed by atoms with E-state index in [0.29, 0.717) is 0 Å². The standard InChI is InChI=1S/C24H29N3O2/c1-28-19-7-8-22-21(17-19)20-9-12-25-24(23(20)26-22)10-13-27(14-11-24)15-16-29-18-5-3-2-4-6-18/h2-8,17,25-26H,9-16H2,1H3. The molecule has 0 amide bonds. The highest BCUT2D eigenvalue weighted by molar-refractivity contribution is 5.86. The highest BCUT2D eigenvalue weighted by atomic mass is 16.5. The van der Waals surface area contributed by atoms with Gasteiger partial charge in [-0.25, -0.2) is 0 Å². The number of nitrogens with zero attached hydrogens (tertiary/aromatic N) is 1. The van der Waals surface area contributed by atoms with Gasteiger partial charge in [0.05, 0.1) is 12.6 Å². The number of aromatic nitrogens is 1. The number of hydrogen-bond acceptors (Lipinski definition) is 4. The summed E-state index contributed by atoms with van der Waals surface area (Å²) in [5, 5.41) is 5.18. The van der Waals surface area contributed by atoms with Crippen molar-refractivity contribution in [1.29, 1.82) is 0 Å². The number of ether oxygens (including phenoxy) is 2. The normalized spacial score (nSPS) is 18.7. The lowest BCUT2D eigenvalue weighted by atomic mass is 9.79. The first kappa shape index (κ1) is 18.5. The van der Waals surface area contributed by atoms with E-state index in [2.05, 4.69) is 27.3 Å². The zero-order valence-electron chi connectivity index (χ0n) is 17.0. The van der Waals surface area contributed by atoms with Crippen molar-refractivity contribution in [3.63, 3.8) is 0 Å². The molecule has 0 unspecified atom stereocenters. The molecule has 0 aliphatic carbocycles. The van der Waals surface area contributed by atoms with E-state index in [1.165, 1.54) is 22.2 Å². The van der Waals surface area contributed by atoms with E-state index in [9.17, 15) is 0 Å². The van der Waals surface area contributed by atoms with Crippen LogP contribution in [0.3, 0.4) is 0 Å². The summed E-state index contributed by atoms with van der Waals surface area (Å²) < 4.78 is 11.3. The van der Waals surface area contributed by atoms with Gasteiger partial charge in [0, 0.05) is 42.8 Å². The summed E-state index contributed by atoms with van der Waals surface area (Å²) in [7, 11) is 1.74. The third-order valence-corrected chi connectivity index (χ3v) is 6.56. The predicted molar refractivity (Wildman–Crippen MR) is 116 cm³/mol. The van der Waals surface area contributed by atoms with Gasteiger partial charge in [0.2, 0.25) is 0 Å². The number of hydrogen-bond donors (Lipinski definition) is 2. The molecule has 2 aliphatic heterocycles. The number of fused-ring (bicyclic) bond motifs is 4.